The fourth-order valence-corrected chi connectivity index (χ4v) is 2.15. The molecule has 1 heterocycles. The molecule has 1 aliphatic heterocycles. The Labute approximate surface area is 92.4 Å². The molecule has 0 amide bonds. The third kappa shape index (κ3) is 2.41. The summed E-state index contributed by atoms with van der Waals surface area (Å²) in [5.41, 5.74) is 4.32. The Balaban J connectivity index is 2.15. The van der Waals surface area contributed by atoms with Gasteiger partial charge < -0.3 is 4.90 Å². The predicted octanol–water partition coefficient (Wildman–Crippen LogP) is 3.54. The molecule has 0 radical (unpaired) electrons. The minimum atomic E-state index is 1.15. The van der Waals surface area contributed by atoms with E-state index in [1.165, 1.54) is 29.7 Å². The van der Waals surface area contributed by atoms with Crippen molar-refractivity contribution in [2.24, 2.45) is 0 Å². The highest BCUT2D eigenvalue weighted by Gasteiger charge is 2.10. The van der Waals surface area contributed by atoms with Gasteiger partial charge in [0.05, 0.1) is 0 Å². The summed E-state index contributed by atoms with van der Waals surface area (Å²) in [4.78, 5) is 2.50. The fraction of sp³-hybridized carbons (Fsp3) is 0.429. The maximum atomic E-state index is 2.50. The van der Waals surface area contributed by atoms with E-state index in [4.69, 9.17) is 0 Å². The van der Waals surface area contributed by atoms with Crippen molar-refractivity contribution in [3.63, 3.8) is 0 Å². The van der Waals surface area contributed by atoms with Gasteiger partial charge in [0, 0.05) is 18.8 Å². The van der Waals surface area contributed by atoms with Gasteiger partial charge in [-0.3, -0.25) is 0 Å². The normalized spacial score (nSPS) is 17.2. The number of benzene rings is 1. The molecule has 0 aromatic heterocycles. The van der Waals surface area contributed by atoms with Crippen LogP contribution in [-0.4, -0.2) is 13.1 Å². The summed E-state index contributed by atoms with van der Waals surface area (Å²) >= 11 is 0. The maximum absolute atomic E-state index is 2.50. The molecule has 0 unspecified atom stereocenters. The topological polar surface area (TPSA) is 3.24 Å². The van der Waals surface area contributed by atoms with Crippen molar-refractivity contribution in [2.45, 2.75) is 26.7 Å². The van der Waals surface area contributed by atoms with Crippen LogP contribution in [0.25, 0.3) is 0 Å². The zero-order valence-electron chi connectivity index (χ0n) is 9.66. The van der Waals surface area contributed by atoms with Gasteiger partial charge in [0.15, 0.2) is 0 Å². The third-order valence-electron chi connectivity index (χ3n) is 3.12. The van der Waals surface area contributed by atoms with Gasteiger partial charge >= 0.3 is 0 Å². The van der Waals surface area contributed by atoms with Crippen LogP contribution in [0, 0.1) is 6.92 Å². The van der Waals surface area contributed by atoms with Crippen molar-refractivity contribution >= 4 is 5.69 Å². The lowest BCUT2D eigenvalue weighted by atomic mass is 10.1. The summed E-state index contributed by atoms with van der Waals surface area (Å²) < 4.78 is 0. The van der Waals surface area contributed by atoms with E-state index in [9.17, 15) is 0 Å². The highest BCUT2D eigenvalue weighted by atomic mass is 15.1. The number of hydrogen-bond acceptors (Lipinski definition) is 1. The van der Waals surface area contributed by atoms with E-state index in [-0.39, 0.29) is 0 Å². The van der Waals surface area contributed by atoms with Crippen molar-refractivity contribution in [2.75, 3.05) is 18.0 Å². The molecule has 0 atom stereocenters. The van der Waals surface area contributed by atoms with E-state index < -0.39 is 0 Å². The first-order valence-corrected chi connectivity index (χ1v) is 5.73. The van der Waals surface area contributed by atoms with Gasteiger partial charge in [0.25, 0.3) is 0 Å². The molecule has 0 fully saturated rings. The summed E-state index contributed by atoms with van der Waals surface area (Å²) in [6, 6.07) is 8.67. The standard InChI is InChI=1S/C14H19N/c1-12-6-5-10-15(11-9-12)14-8-4-3-7-13(14)2/h3-4,6-8H,5,9-11H2,1-2H3. The lowest BCUT2D eigenvalue weighted by Gasteiger charge is -2.24. The van der Waals surface area contributed by atoms with Crippen molar-refractivity contribution in [1.29, 1.82) is 0 Å². The first-order chi connectivity index (χ1) is 7.27. The molecule has 1 aromatic rings. The van der Waals surface area contributed by atoms with Crippen LogP contribution in [-0.2, 0) is 0 Å². The van der Waals surface area contributed by atoms with E-state index in [1.54, 1.807) is 0 Å². The van der Waals surface area contributed by atoms with E-state index in [2.05, 4.69) is 49.1 Å². The SMILES string of the molecule is CC1=CCCN(c2ccccc2C)CC1. The van der Waals surface area contributed by atoms with Crippen LogP contribution in [0.2, 0.25) is 0 Å². The number of anilines is 1. The molecule has 0 saturated carbocycles. The van der Waals surface area contributed by atoms with Crippen LogP contribution in [0.1, 0.15) is 25.3 Å². The Hall–Kier alpha value is -1.24. The van der Waals surface area contributed by atoms with E-state index >= 15 is 0 Å². The second-order valence-corrected chi connectivity index (χ2v) is 4.36. The Morgan fingerprint density at radius 3 is 2.67 bits per heavy atom. The molecule has 0 aliphatic carbocycles. The average Bonchev–Trinajstić information content (AvgIpc) is 2.44. The van der Waals surface area contributed by atoms with Gasteiger partial charge in [0.2, 0.25) is 0 Å². The Kier molecular flexibility index (Phi) is 3.10. The van der Waals surface area contributed by atoms with Gasteiger partial charge in [-0.2, -0.15) is 0 Å². The predicted molar refractivity (Wildman–Crippen MR) is 66.4 cm³/mol. The highest BCUT2D eigenvalue weighted by molar-refractivity contribution is 5.53. The van der Waals surface area contributed by atoms with Gasteiger partial charge in [-0.1, -0.05) is 29.8 Å². The van der Waals surface area contributed by atoms with Gasteiger partial charge in [0.1, 0.15) is 0 Å². The second kappa shape index (κ2) is 4.52. The molecule has 1 nitrogen and oxygen atoms in total. The Morgan fingerprint density at radius 1 is 1.07 bits per heavy atom. The smallest absolute Gasteiger partial charge is 0.0396 e. The van der Waals surface area contributed by atoms with Gasteiger partial charge in [-0.15, -0.1) is 0 Å². The first-order valence-electron chi connectivity index (χ1n) is 5.73. The summed E-state index contributed by atoms with van der Waals surface area (Å²) in [6.45, 7) is 6.75. The Bertz CT molecular complexity index is 365. The molecule has 0 bridgehead atoms. The number of aryl methyl sites for hydroxylation is 1. The van der Waals surface area contributed by atoms with Crippen LogP contribution >= 0.6 is 0 Å². The van der Waals surface area contributed by atoms with Crippen LogP contribution in [0.3, 0.4) is 0 Å². The average molecular weight is 201 g/mol. The van der Waals surface area contributed by atoms with E-state index in [1.807, 2.05) is 0 Å². The fourth-order valence-electron chi connectivity index (χ4n) is 2.15. The molecular formula is C14H19N. The number of hydrogen-bond donors (Lipinski definition) is 0. The highest BCUT2D eigenvalue weighted by Crippen LogP contribution is 2.22. The molecule has 1 aliphatic rings. The molecule has 0 spiro atoms. The van der Waals surface area contributed by atoms with Crippen LogP contribution in [0.4, 0.5) is 5.69 Å². The maximum Gasteiger partial charge on any atom is 0.0396 e. The number of rotatable bonds is 1. The monoisotopic (exact) mass is 201 g/mol. The molecule has 1 heteroatoms. The van der Waals surface area contributed by atoms with Crippen molar-refractivity contribution in [3.05, 3.63) is 41.5 Å². The zero-order chi connectivity index (χ0) is 10.7. The van der Waals surface area contributed by atoms with E-state index in [0.717, 1.165) is 13.1 Å². The number of para-hydroxylation sites is 1. The lowest BCUT2D eigenvalue weighted by Crippen LogP contribution is -2.24. The first kappa shape index (κ1) is 10.3. The largest absolute Gasteiger partial charge is 0.371 e. The summed E-state index contributed by atoms with van der Waals surface area (Å²) in [6.07, 6.45) is 4.76. The lowest BCUT2D eigenvalue weighted by molar-refractivity contribution is 0.801. The third-order valence-corrected chi connectivity index (χ3v) is 3.12. The minimum absolute atomic E-state index is 1.15. The van der Waals surface area contributed by atoms with Crippen LogP contribution in [0.5, 0.6) is 0 Å². The van der Waals surface area contributed by atoms with Gasteiger partial charge in [-0.25, -0.2) is 0 Å². The summed E-state index contributed by atoms with van der Waals surface area (Å²) in [7, 11) is 0. The molecule has 15 heavy (non-hydrogen) atoms. The van der Waals surface area contributed by atoms with Crippen molar-refractivity contribution in [3.8, 4) is 0 Å². The minimum Gasteiger partial charge on any atom is -0.371 e. The molecule has 80 valence electrons. The molecule has 0 saturated heterocycles. The van der Waals surface area contributed by atoms with E-state index in [0.29, 0.717) is 0 Å². The van der Waals surface area contributed by atoms with Crippen LogP contribution in [0.15, 0.2) is 35.9 Å². The molecule has 2 rings (SSSR count). The van der Waals surface area contributed by atoms with Crippen molar-refractivity contribution < 1.29 is 0 Å². The van der Waals surface area contributed by atoms with Crippen molar-refractivity contribution in [1.82, 2.24) is 0 Å². The summed E-state index contributed by atoms with van der Waals surface area (Å²) in [5.74, 6) is 0. The number of nitrogens with zero attached hydrogens (tertiary/aromatic N) is 1. The Morgan fingerprint density at radius 2 is 1.87 bits per heavy atom. The zero-order valence-corrected chi connectivity index (χ0v) is 9.66. The summed E-state index contributed by atoms with van der Waals surface area (Å²) in [5, 5.41) is 0. The van der Waals surface area contributed by atoms with Gasteiger partial charge in [-0.05, 0) is 38.3 Å². The second-order valence-electron chi connectivity index (χ2n) is 4.36. The molecular weight excluding hydrogens is 182 g/mol. The quantitative estimate of drug-likeness (QED) is 0.628. The molecule has 0 N–H and O–H groups in total. The molecule has 1 aromatic carbocycles. The van der Waals surface area contributed by atoms with Crippen LogP contribution < -0.4 is 4.90 Å².